The number of ether oxygens (including phenoxy) is 2. The maximum absolute atomic E-state index is 11.5. The summed E-state index contributed by atoms with van der Waals surface area (Å²) in [5.41, 5.74) is 2.96. The fourth-order valence-electron chi connectivity index (χ4n) is 3.89. The van der Waals surface area contributed by atoms with Crippen molar-refractivity contribution < 1.29 is 17.9 Å². The smallest absolute Gasteiger partial charge is 0.276 e. The zero-order valence-corrected chi connectivity index (χ0v) is 16.8. The van der Waals surface area contributed by atoms with Crippen molar-refractivity contribution in [3.8, 4) is 11.5 Å². The zero-order chi connectivity index (χ0) is 19.9. The molecule has 0 atom stereocenters. The quantitative estimate of drug-likeness (QED) is 0.813. The van der Waals surface area contributed by atoms with Crippen molar-refractivity contribution in [3.05, 3.63) is 30.0 Å². The van der Waals surface area contributed by atoms with Crippen LogP contribution in [0, 0.1) is 5.92 Å². The van der Waals surface area contributed by atoms with Crippen LogP contribution in [-0.4, -0.2) is 58.1 Å². The molecule has 2 N–H and O–H groups in total. The molecule has 2 aliphatic heterocycles. The molecule has 0 bridgehead atoms. The zero-order valence-electron chi connectivity index (χ0n) is 16.0. The monoisotopic (exact) mass is 404 g/mol. The lowest BCUT2D eigenvalue weighted by Crippen LogP contribution is -2.55. The minimum absolute atomic E-state index is 0.243. The van der Waals surface area contributed by atoms with Gasteiger partial charge >= 0.3 is 0 Å². The number of fused-ring (bicyclic) bond motifs is 3. The second kappa shape index (κ2) is 7.23. The Balaban J connectivity index is 1.71. The standard InChI is InChI=1S/C19H24N4O4S/c1-26-17-7-15-16(8-18(17)27-2)21-9-14-5-3-4-6-22(19(14)15)10-13-11-23(12-13)28(20,24)25/h3,5,7-9,13H,4,6,10-12H2,1-2H3,(H2,20,24,25). The summed E-state index contributed by atoms with van der Waals surface area (Å²) < 4.78 is 35.1. The van der Waals surface area contributed by atoms with Gasteiger partial charge in [-0.2, -0.15) is 12.7 Å². The van der Waals surface area contributed by atoms with Gasteiger partial charge in [0.15, 0.2) is 11.5 Å². The van der Waals surface area contributed by atoms with Gasteiger partial charge in [0, 0.05) is 55.3 Å². The summed E-state index contributed by atoms with van der Waals surface area (Å²) in [6.45, 7) is 2.52. The highest BCUT2D eigenvalue weighted by atomic mass is 32.2. The molecule has 150 valence electrons. The van der Waals surface area contributed by atoms with E-state index in [1.165, 1.54) is 4.31 Å². The molecule has 8 nitrogen and oxygen atoms in total. The van der Waals surface area contributed by atoms with E-state index in [2.05, 4.69) is 22.0 Å². The van der Waals surface area contributed by atoms with Gasteiger partial charge in [-0.1, -0.05) is 12.2 Å². The number of nitrogens with two attached hydrogens (primary N) is 1. The Morgan fingerprint density at radius 2 is 1.93 bits per heavy atom. The Morgan fingerprint density at radius 1 is 1.21 bits per heavy atom. The van der Waals surface area contributed by atoms with Gasteiger partial charge in [0.2, 0.25) is 0 Å². The maximum Gasteiger partial charge on any atom is 0.276 e. The summed E-state index contributed by atoms with van der Waals surface area (Å²) in [7, 11) is -0.372. The first-order chi connectivity index (χ1) is 13.4. The lowest BCUT2D eigenvalue weighted by Gasteiger charge is -2.40. The number of anilines is 1. The first-order valence-electron chi connectivity index (χ1n) is 9.15. The third kappa shape index (κ3) is 3.41. The topological polar surface area (TPSA) is 98.0 Å². The number of nitrogens with zero attached hydrogens (tertiary/aromatic N) is 3. The van der Waals surface area contributed by atoms with Crippen LogP contribution in [0.25, 0.3) is 17.0 Å². The van der Waals surface area contributed by atoms with E-state index in [-0.39, 0.29) is 5.92 Å². The van der Waals surface area contributed by atoms with Crippen LogP contribution in [0.15, 0.2) is 24.4 Å². The number of hydrogen-bond acceptors (Lipinski definition) is 6. The molecular weight excluding hydrogens is 380 g/mol. The molecule has 2 aliphatic rings. The van der Waals surface area contributed by atoms with Crippen molar-refractivity contribution in [2.24, 2.45) is 11.1 Å². The lowest BCUT2D eigenvalue weighted by atomic mass is 10.0. The maximum atomic E-state index is 11.5. The molecule has 1 aromatic heterocycles. The molecule has 0 spiro atoms. The van der Waals surface area contributed by atoms with Gasteiger partial charge in [-0.3, -0.25) is 4.98 Å². The van der Waals surface area contributed by atoms with Crippen molar-refractivity contribution in [2.75, 3.05) is 45.3 Å². The Labute approximate surface area is 164 Å². The van der Waals surface area contributed by atoms with Crippen molar-refractivity contribution in [2.45, 2.75) is 6.42 Å². The van der Waals surface area contributed by atoms with Crippen LogP contribution in [0.2, 0.25) is 0 Å². The highest BCUT2D eigenvalue weighted by Gasteiger charge is 2.35. The predicted molar refractivity (Wildman–Crippen MR) is 109 cm³/mol. The summed E-state index contributed by atoms with van der Waals surface area (Å²) in [4.78, 5) is 6.91. The van der Waals surface area contributed by atoms with Gasteiger partial charge in [0.25, 0.3) is 10.2 Å². The van der Waals surface area contributed by atoms with Crippen molar-refractivity contribution >= 4 is 32.9 Å². The average molecular weight is 404 g/mol. The van der Waals surface area contributed by atoms with Crippen molar-refractivity contribution in [1.82, 2.24) is 9.29 Å². The molecule has 1 aromatic carbocycles. The second-order valence-corrected chi connectivity index (χ2v) is 8.70. The fourth-order valence-corrected chi connectivity index (χ4v) is 4.73. The molecule has 0 amide bonds. The molecular formula is C19H24N4O4S. The van der Waals surface area contributed by atoms with Gasteiger partial charge in [-0.25, -0.2) is 5.14 Å². The van der Waals surface area contributed by atoms with Crippen LogP contribution in [0.5, 0.6) is 11.5 Å². The van der Waals surface area contributed by atoms with Gasteiger partial charge < -0.3 is 14.4 Å². The summed E-state index contributed by atoms with van der Waals surface area (Å²) in [5, 5.41) is 6.20. The molecule has 1 saturated heterocycles. The molecule has 9 heteroatoms. The minimum Gasteiger partial charge on any atom is -0.493 e. The Bertz CT molecular complexity index is 1030. The highest BCUT2D eigenvalue weighted by Crippen LogP contribution is 2.39. The van der Waals surface area contributed by atoms with Gasteiger partial charge in [0.05, 0.1) is 25.4 Å². The molecule has 1 fully saturated rings. The van der Waals surface area contributed by atoms with E-state index >= 15 is 0 Å². The number of aromatic nitrogens is 1. The average Bonchev–Trinajstić information content (AvgIpc) is 2.84. The van der Waals surface area contributed by atoms with Crippen LogP contribution < -0.4 is 19.5 Å². The molecule has 0 unspecified atom stereocenters. The van der Waals surface area contributed by atoms with Crippen LogP contribution >= 0.6 is 0 Å². The van der Waals surface area contributed by atoms with Crippen LogP contribution in [-0.2, 0) is 10.2 Å². The van der Waals surface area contributed by atoms with E-state index in [1.807, 2.05) is 18.3 Å². The summed E-state index contributed by atoms with van der Waals surface area (Å²) in [5.74, 6) is 1.54. The first-order valence-corrected chi connectivity index (χ1v) is 10.6. The normalized spacial score (nSPS) is 17.9. The molecule has 0 radical (unpaired) electrons. The predicted octanol–water partition coefficient (Wildman–Crippen LogP) is 1.61. The number of benzene rings is 1. The van der Waals surface area contributed by atoms with E-state index in [4.69, 9.17) is 14.6 Å². The van der Waals surface area contributed by atoms with E-state index in [1.54, 1.807) is 14.2 Å². The van der Waals surface area contributed by atoms with E-state index in [0.29, 0.717) is 24.6 Å². The molecule has 3 heterocycles. The number of rotatable bonds is 5. The van der Waals surface area contributed by atoms with Gasteiger partial charge in [0.1, 0.15) is 0 Å². The third-order valence-electron chi connectivity index (χ3n) is 5.31. The lowest BCUT2D eigenvalue weighted by molar-refractivity contribution is 0.204. The molecule has 4 rings (SSSR count). The summed E-state index contributed by atoms with van der Waals surface area (Å²) in [6, 6.07) is 3.84. The van der Waals surface area contributed by atoms with Crippen LogP contribution in [0.4, 0.5) is 5.69 Å². The summed E-state index contributed by atoms with van der Waals surface area (Å²) in [6.07, 6.45) is 7.02. The third-order valence-corrected chi connectivity index (χ3v) is 6.33. The Kier molecular flexibility index (Phi) is 4.90. The highest BCUT2D eigenvalue weighted by molar-refractivity contribution is 7.86. The first kappa shape index (κ1) is 19.0. The fraction of sp³-hybridized carbons (Fsp3) is 0.421. The van der Waals surface area contributed by atoms with Gasteiger partial charge in [-0.15, -0.1) is 0 Å². The Morgan fingerprint density at radius 3 is 2.61 bits per heavy atom. The Hall–Kier alpha value is -2.36. The van der Waals surface area contributed by atoms with E-state index < -0.39 is 10.2 Å². The van der Waals surface area contributed by atoms with E-state index in [9.17, 15) is 8.42 Å². The van der Waals surface area contributed by atoms with Crippen molar-refractivity contribution in [3.63, 3.8) is 0 Å². The summed E-state index contributed by atoms with van der Waals surface area (Å²) >= 11 is 0. The van der Waals surface area contributed by atoms with Crippen LogP contribution in [0.1, 0.15) is 12.0 Å². The van der Waals surface area contributed by atoms with Crippen LogP contribution in [0.3, 0.4) is 0 Å². The number of hydrogen-bond donors (Lipinski definition) is 1. The van der Waals surface area contributed by atoms with Gasteiger partial charge in [-0.05, 0) is 12.5 Å². The minimum atomic E-state index is -3.60. The molecule has 0 saturated carbocycles. The molecule has 28 heavy (non-hydrogen) atoms. The van der Waals surface area contributed by atoms with Crippen molar-refractivity contribution in [1.29, 1.82) is 0 Å². The largest absolute Gasteiger partial charge is 0.493 e. The SMILES string of the molecule is COc1cc2ncc3c(c2cc1OC)N(CC1CN(S(N)(=O)=O)C1)CCC=C3. The second-order valence-electron chi connectivity index (χ2n) is 7.15. The number of pyridine rings is 1. The number of methoxy groups -OCH3 is 2. The molecule has 0 aliphatic carbocycles. The molecule has 2 aromatic rings. The van der Waals surface area contributed by atoms with E-state index in [0.717, 1.165) is 41.7 Å².